The summed E-state index contributed by atoms with van der Waals surface area (Å²) >= 11 is 0. The molecular weight excluding hydrogens is 244 g/mol. The molecule has 0 saturated carbocycles. The van der Waals surface area contributed by atoms with Crippen LogP contribution >= 0.6 is 0 Å². The summed E-state index contributed by atoms with van der Waals surface area (Å²) in [5.41, 5.74) is 5.35. The van der Waals surface area contributed by atoms with Gasteiger partial charge in [0, 0.05) is 26.6 Å². The molecule has 1 saturated heterocycles. The van der Waals surface area contributed by atoms with Crippen molar-refractivity contribution in [1.29, 1.82) is 4.78 Å². The van der Waals surface area contributed by atoms with Gasteiger partial charge in [0.2, 0.25) is 0 Å². The number of aliphatic carboxylic acids is 1. The van der Waals surface area contributed by atoms with Crippen molar-refractivity contribution in [2.45, 2.75) is 25.8 Å². The van der Waals surface area contributed by atoms with Gasteiger partial charge in [-0.1, -0.05) is 6.92 Å². The molecule has 0 spiro atoms. The Hall–Kier alpha value is -0.660. The molecule has 0 amide bonds. The molecule has 0 aromatic carbocycles. The Morgan fingerprint density at radius 1 is 1.59 bits per heavy atom. The summed E-state index contributed by atoms with van der Waals surface area (Å²) in [6.07, 6.45) is 0.766. The zero-order valence-electron chi connectivity index (χ0n) is 9.98. The number of ether oxygens (including phenoxy) is 1. The molecule has 17 heavy (non-hydrogen) atoms. The second kappa shape index (κ2) is 5.32. The van der Waals surface area contributed by atoms with Crippen molar-refractivity contribution in [3.8, 4) is 0 Å². The van der Waals surface area contributed by atoms with E-state index in [1.54, 1.807) is 0 Å². The Morgan fingerprint density at radius 3 is 2.59 bits per heavy atom. The number of nitrogens with two attached hydrogens (primary N) is 1. The molecule has 0 bridgehead atoms. The first-order valence-corrected chi connectivity index (χ1v) is 7.44. The molecule has 1 rings (SSSR count). The first-order valence-electron chi connectivity index (χ1n) is 5.54. The fraction of sp³-hybridized carbons (Fsp3) is 0.900. The summed E-state index contributed by atoms with van der Waals surface area (Å²) in [7, 11) is -2.72. The van der Waals surface area contributed by atoms with Crippen molar-refractivity contribution in [1.82, 2.24) is 0 Å². The summed E-state index contributed by atoms with van der Waals surface area (Å²) in [6, 6.07) is -1.02. The van der Waals surface area contributed by atoms with Crippen LogP contribution in [0, 0.1) is 10.2 Å². The summed E-state index contributed by atoms with van der Waals surface area (Å²) in [5.74, 6) is -0.768. The number of nitrogens with one attached hydrogen (secondary N) is 1. The Balaban J connectivity index is 2.33. The standard InChI is InChI=1S/C10H20N2O4S/c1-10(6-16-7-10)3-5-17(12,15)4-2-8(11)9(13)14/h8,12H,2-7,11H2,1H3,(H,13,14)/t8-,17?/m0/s1. The van der Waals surface area contributed by atoms with Crippen molar-refractivity contribution in [3.05, 3.63) is 0 Å². The predicted molar refractivity (Wildman–Crippen MR) is 64.4 cm³/mol. The van der Waals surface area contributed by atoms with E-state index in [-0.39, 0.29) is 17.6 Å². The Labute approximate surface area is 101 Å². The van der Waals surface area contributed by atoms with E-state index < -0.39 is 21.7 Å². The molecule has 6 nitrogen and oxygen atoms in total. The second-order valence-corrected chi connectivity index (χ2v) is 7.45. The van der Waals surface area contributed by atoms with E-state index in [4.69, 9.17) is 20.4 Å². The van der Waals surface area contributed by atoms with Gasteiger partial charge < -0.3 is 15.6 Å². The molecule has 1 fully saturated rings. The first kappa shape index (κ1) is 14.4. The maximum Gasteiger partial charge on any atom is 0.320 e. The van der Waals surface area contributed by atoms with E-state index in [0.717, 1.165) is 0 Å². The van der Waals surface area contributed by atoms with Gasteiger partial charge >= 0.3 is 5.97 Å². The molecule has 0 aliphatic carbocycles. The lowest BCUT2D eigenvalue weighted by atomic mass is 9.86. The number of carboxylic acid groups (broad SMARTS) is 1. The minimum atomic E-state index is -2.72. The normalized spacial score (nSPS) is 23.4. The molecule has 1 aliphatic heterocycles. The number of hydrogen-bond acceptors (Lipinski definition) is 5. The van der Waals surface area contributed by atoms with Gasteiger partial charge in [-0.2, -0.15) is 0 Å². The first-order chi connectivity index (χ1) is 7.74. The molecule has 100 valence electrons. The maximum absolute atomic E-state index is 11.9. The third kappa shape index (κ3) is 4.61. The van der Waals surface area contributed by atoms with E-state index in [1.165, 1.54) is 0 Å². The van der Waals surface area contributed by atoms with Crippen LogP contribution in [0.2, 0.25) is 0 Å². The summed E-state index contributed by atoms with van der Waals surface area (Å²) in [6.45, 7) is 3.34. The molecule has 0 radical (unpaired) electrons. The molecule has 2 atom stereocenters. The summed E-state index contributed by atoms with van der Waals surface area (Å²) < 4.78 is 24.6. The lowest BCUT2D eigenvalue weighted by Crippen LogP contribution is -2.41. The van der Waals surface area contributed by atoms with Crippen LogP contribution in [-0.2, 0) is 19.3 Å². The Bertz CT molecular complexity index is 376. The third-order valence-electron chi connectivity index (χ3n) is 3.01. The van der Waals surface area contributed by atoms with Crippen LogP contribution in [-0.4, -0.2) is 46.0 Å². The lowest BCUT2D eigenvalue weighted by Gasteiger charge is -2.38. The van der Waals surface area contributed by atoms with Crippen LogP contribution in [0.25, 0.3) is 0 Å². The predicted octanol–water partition coefficient (Wildman–Crippen LogP) is 0.262. The van der Waals surface area contributed by atoms with Gasteiger partial charge in [0.15, 0.2) is 0 Å². The Morgan fingerprint density at radius 2 is 2.18 bits per heavy atom. The molecule has 0 aromatic rings. The van der Waals surface area contributed by atoms with E-state index in [0.29, 0.717) is 25.4 Å². The molecular formula is C10H20N2O4S. The molecule has 1 aliphatic rings. The number of hydrogen-bond donors (Lipinski definition) is 3. The smallest absolute Gasteiger partial charge is 0.320 e. The molecule has 7 heteroatoms. The van der Waals surface area contributed by atoms with E-state index in [1.807, 2.05) is 6.92 Å². The van der Waals surface area contributed by atoms with Crippen molar-refractivity contribution in [2.24, 2.45) is 11.1 Å². The maximum atomic E-state index is 11.9. The Kier molecular flexibility index (Phi) is 4.51. The van der Waals surface area contributed by atoms with Crippen LogP contribution in [0.5, 0.6) is 0 Å². The zero-order valence-corrected chi connectivity index (χ0v) is 10.8. The van der Waals surface area contributed by atoms with Crippen LogP contribution in [0.1, 0.15) is 19.8 Å². The van der Waals surface area contributed by atoms with Crippen LogP contribution < -0.4 is 5.73 Å². The van der Waals surface area contributed by atoms with Gasteiger partial charge in [0.25, 0.3) is 0 Å². The van der Waals surface area contributed by atoms with E-state index >= 15 is 0 Å². The van der Waals surface area contributed by atoms with Gasteiger partial charge in [-0.15, -0.1) is 0 Å². The minimum absolute atomic E-state index is 0.0403. The highest BCUT2D eigenvalue weighted by molar-refractivity contribution is 7.92. The van der Waals surface area contributed by atoms with Crippen LogP contribution in [0.3, 0.4) is 0 Å². The van der Waals surface area contributed by atoms with E-state index in [9.17, 15) is 9.00 Å². The average Bonchev–Trinajstić information content (AvgIpc) is 2.20. The fourth-order valence-electron chi connectivity index (χ4n) is 1.55. The number of carboxylic acids is 1. The van der Waals surface area contributed by atoms with Crippen molar-refractivity contribution < 1.29 is 18.8 Å². The topological polar surface area (TPSA) is 113 Å². The monoisotopic (exact) mass is 264 g/mol. The summed E-state index contributed by atoms with van der Waals surface area (Å²) in [5, 5.41) is 8.59. The average molecular weight is 264 g/mol. The van der Waals surface area contributed by atoms with Crippen molar-refractivity contribution in [3.63, 3.8) is 0 Å². The zero-order chi connectivity index (χ0) is 13.1. The highest BCUT2D eigenvalue weighted by Gasteiger charge is 2.33. The molecule has 4 N–H and O–H groups in total. The lowest BCUT2D eigenvalue weighted by molar-refractivity contribution is -0.138. The molecule has 1 unspecified atom stereocenters. The fourth-order valence-corrected chi connectivity index (χ4v) is 3.21. The largest absolute Gasteiger partial charge is 0.480 e. The van der Waals surface area contributed by atoms with Crippen LogP contribution in [0.15, 0.2) is 0 Å². The number of carbonyl (C=O) groups is 1. The van der Waals surface area contributed by atoms with Crippen molar-refractivity contribution >= 4 is 15.7 Å². The van der Waals surface area contributed by atoms with Gasteiger partial charge in [0.05, 0.1) is 13.2 Å². The highest BCUT2D eigenvalue weighted by atomic mass is 32.2. The van der Waals surface area contributed by atoms with Gasteiger partial charge in [-0.05, 0) is 12.8 Å². The molecule has 1 heterocycles. The van der Waals surface area contributed by atoms with Gasteiger partial charge in [0.1, 0.15) is 6.04 Å². The van der Waals surface area contributed by atoms with Gasteiger partial charge in [-0.3, -0.25) is 9.57 Å². The van der Waals surface area contributed by atoms with E-state index in [2.05, 4.69) is 0 Å². The van der Waals surface area contributed by atoms with Crippen molar-refractivity contribution in [2.75, 3.05) is 24.7 Å². The van der Waals surface area contributed by atoms with Crippen LogP contribution in [0.4, 0.5) is 0 Å². The minimum Gasteiger partial charge on any atom is -0.480 e. The highest BCUT2D eigenvalue weighted by Crippen LogP contribution is 2.30. The second-order valence-electron chi connectivity index (χ2n) is 5.01. The SMILES string of the molecule is CC1(CCS(=N)(=O)CC[C@H](N)C(=O)O)COC1. The third-order valence-corrected chi connectivity index (χ3v) is 4.77. The molecule has 0 aromatic heterocycles. The summed E-state index contributed by atoms with van der Waals surface area (Å²) in [4.78, 5) is 10.5. The quantitative estimate of drug-likeness (QED) is 0.610. The number of rotatable bonds is 7. The van der Waals surface area contributed by atoms with Gasteiger partial charge in [-0.25, -0.2) is 4.21 Å².